The van der Waals surface area contributed by atoms with Gasteiger partial charge in [-0.05, 0) is 13.0 Å². The van der Waals surface area contributed by atoms with Crippen molar-refractivity contribution in [2.45, 2.75) is 12.5 Å². The first-order valence-corrected chi connectivity index (χ1v) is 5.24. The first-order chi connectivity index (χ1) is 7.65. The lowest BCUT2D eigenvalue weighted by Gasteiger charge is -2.30. The van der Waals surface area contributed by atoms with Gasteiger partial charge in [0.15, 0.2) is 0 Å². The van der Waals surface area contributed by atoms with Crippen LogP contribution in [0.1, 0.15) is 6.42 Å². The molecule has 0 unspecified atom stereocenters. The lowest BCUT2D eigenvalue weighted by molar-refractivity contribution is -0.126. The standard InChI is InChI=1S/C10H17N3O3/c1-2-4-12-9(14)7-6-11-5-3-8(7)13-10(15)16/h2,7-8,11,13H,1,3-6H2,(H,12,14)(H,15,16)/t7-,8+/m0/s1. The predicted octanol–water partition coefficient (Wildman–Crippen LogP) is -0.466. The summed E-state index contributed by atoms with van der Waals surface area (Å²) in [6.07, 6.45) is 1.13. The third-order valence-corrected chi connectivity index (χ3v) is 2.55. The zero-order valence-corrected chi connectivity index (χ0v) is 9.03. The highest BCUT2D eigenvalue weighted by Crippen LogP contribution is 2.11. The predicted molar refractivity (Wildman–Crippen MR) is 59.1 cm³/mol. The van der Waals surface area contributed by atoms with Crippen molar-refractivity contribution in [3.8, 4) is 0 Å². The molecule has 1 heterocycles. The summed E-state index contributed by atoms with van der Waals surface area (Å²) in [6.45, 7) is 5.12. The Morgan fingerprint density at radius 2 is 2.31 bits per heavy atom. The molecule has 0 spiro atoms. The molecule has 1 saturated heterocycles. The number of rotatable bonds is 4. The van der Waals surface area contributed by atoms with Gasteiger partial charge in [0.05, 0.1) is 5.92 Å². The molecule has 0 aromatic heterocycles. The zero-order valence-electron chi connectivity index (χ0n) is 9.03. The van der Waals surface area contributed by atoms with Crippen LogP contribution in [0.15, 0.2) is 12.7 Å². The minimum absolute atomic E-state index is 0.147. The Morgan fingerprint density at radius 1 is 1.56 bits per heavy atom. The van der Waals surface area contributed by atoms with E-state index in [-0.39, 0.29) is 17.9 Å². The molecular formula is C10H17N3O3. The quantitative estimate of drug-likeness (QED) is 0.489. The SMILES string of the molecule is C=CCNC(=O)[C@H]1CNCC[C@H]1NC(=O)O. The molecule has 0 aromatic carbocycles. The maximum Gasteiger partial charge on any atom is 0.404 e. The fraction of sp³-hybridized carbons (Fsp3) is 0.600. The Hall–Kier alpha value is -1.56. The summed E-state index contributed by atoms with van der Waals surface area (Å²) in [4.78, 5) is 22.3. The van der Waals surface area contributed by atoms with Crippen LogP contribution < -0.4 is 16.0 Å². The van der Waals surface area contributed by atoms with Crippen LogP contribution in [-0.2, 0) is 4.79 Å². The maximum atomic E-state index is 11.7. The molecule has 1 rings (SSSR count). The molecule has 0 bridgehead atoms. The first kappa shape index (κ1) is 12.5. The Kier molecular flexibility index (Phi) is 4.78. The number of nitrogens with one attached hydrogen (secondary N) is 3. The number of hydrogen-bond acceptors (Lipinski definition) is 3. The van der Waals surface area contributed by atoms with E-state index in [0.29, 0.717) is 19.5 Å². The van der Waals surface area contributed by atoms with Gasteiger partial charge in [-0.25, -0.2) is 4.79 Å². The number of carbonyl (C=O) groups is 2. The zero-order chi connectivity index (χ0) is 12.0. The Labute approximate surface area is 94.1 Å². The second kappa shape index (κ2) is 6.12. The maximum absolute atomic E-state index is 11.7. The van der Waals surface area contributed by atoms with Crippen LogP contribution in [-0.4, -0.2) is 42.8 Å². The summed E-state index contributed by atoms with van der Waals surface area (Å²) in [6, 6.07) is -0.316. The number of piperidine rings is 1. The summed E-state index contributed by atoms with van der Waals surface area (Å²) < 4.78 is 0. The number of amides is 2. The fourth-order valence-electron chi connectivity index (χ4n) is 1.77. The largest absolute Gasteiger partial charge is 0.465 e. The van der Waals surface area contributed by atoms with Crippen LogP contribution in [0, 0.1) is 5.92 Å². The average Bonchev–Trinajstić information content (AvgIpc) is 2.26. The summed E-state index contributed by atoms with van der Waals surface area (Å²) in [7, 11) is 0. The van der Waals surface area contributed by atoms with Gasteiger partial charge in [0, 0.05) is 19.1 Å². The summed E-state index contributed by atoms with van der Waals surface area (Å²) in [5, 5.41) is 16.8. The highest BCUT2D eigenvalue weighted by Gasteiger charge is 2.31. The van der Waals surface area contributed by atoms with Gasteiger partial charge in [0.1, 0.15) is 0 Å². The van der Waals surface area contributed by atoms with Gasteiger partial charge in [-0.15, -0.1) is 6.58 Å². The molecule has 2 atom stereocenters. The molecule has 0 radical (unpaired) electrons. The van der Waals surface area contributed by atoms with Crippen LogP contribution in [0.25, 0.3) is 0 Å². The third-order valence-electron chi connectivity index (χ3n) is 2.55. The molecule has 1 fully saturated rings. The average molecular weight is 227 g/mol. The molecule has 4 N–H and O–H groups in total. The lowest BCUT2D eigenvalue weighted by atomic mass is 9.92. The second-order valence-corrected chi connectivity index (χ2v) is 3.69. The van der Waals surface area contributed by atoms with E-state index >= 15 is 0 Å². The molecule has 1 aliphatic rings. The van der Waals surface area contributed by atoms with E-state index in [4.69, 9.17) is 5.11 Å². The number of carbonyl (C=O) groups excluding carboxylic acids is 1. The van der Waals surface area contributed by atoms with E-state index in [2.05, 4.69) is 22.5 Å². The molecule has 0 aliphatic carbocycles. The number of hydrogen-bond donors (Lipinski definition) is 4. The molecule has 6 heteroatoms. The molecule has 0 aromatic rings. The van der Waals surface area contributed by atoms with E-state index in [9.17, 15) is 9.59 Å². The van der Waals surface area contributed by atoms with Crippen molar-refractivity contribution in [2.75, 3.05) is 19.6 Å². The van der Waals surface area contributed by atoms with Gasteiger partial charge in [-0.3, -0.25) is 4.79 Å². The highest BCUT2D eigenvalue weighted by molar-refractivity contribution is 5.80. The second-order valence-electron chi connectivity index (χ2n) is 3.69. The van der Waals surface area contributed by atoms with Gasteiger partial charge in [-0.2, -0.15) is 0 Å². The molecule has 2 amide bonds. The minimum atomic E-state index is -1.09. The molecule has 6 nitrogen and oxygen atoms in total. The summed E-state index contributed by atoms with van der Waals surface area (Å²) in [5.74, 6) is -0.504. The Morgan fingerprint density at radius 3 is 2.94 bits per heavy atom. The van der Waals surface area contributed by atoms with E-state index in [1.165, 1.54) is 0 Å². The van der Waals surface area contributed by atoms with Crippen LogP contribution in [0.4, 0.5) is 4.79 Å². The van der Waals surface area contributed by atoms with Crippen molar-refractivity contribution in [3.63, 3.8) is 0 Å². The van der Waals surface area contributed by atoms with Gasteiger partial charge in [0.2, 0.25) is 5.91 Å². The fourth-order valence-corrected chi connectivity index (χ4v) is 1.77. The highest BCUT2D eigenvalue weighted by atomic mass is 16.4. The monoisotopic (exact) mass is 227 g/mol. The van der Waals surface area contributed by atoms with Crippen molar-refractivity contribution in [1.82, 2.24) is 16.0 Å². The molecular weight excluding hydrogens is 210 g/mol. The van der Waals surface area contributed by atoms with Crippen molar-refractivity contribution in [3.05, 3.63) is 12.7 Å². The normalized spacial score (nSPS) is 24.5. The molecule has 0 saturated carbocycles. The molecule has 90 valence electrons. The summed E-state index contributed by atoms with van der Waals surface area (Å²) in [5.41, 5.74) is 0. The van der Waals surface area contributed by atoms with Crippen LogP contribution in [0.2, 0.25) is 0 Å². The van der Waals surface area contributed by atoms with Gasteiger partial charge in [0.25, 0.3) is 0 Å². The third kappa shape index (κ3) is 3.54. The van der Waals surface area contributed by atoms with E-state index in [1.807, 2.05) is 0 Å². The lowest BCUT2D eigenvalue weighted by Crippen LogP contribution is -2.54. The van der Waals surface area contributed by atoms with Crippen molar-refractivity contribution < 1.29 is 14.7 Å². The van der Waals surface area contributed by atoms with Crippen LogP contribution >= 0.6 is 0 Å². The van der Waals surface area contributed by atoms with E-state index in [1.54, 1.807) is 6.08 Å². The summed E-state index contributed by atoms with van der Waals surface area (Å²) >= 11 is 0. The van der Waals surface area contributed by atoms with E-state index < -0.39 is 6.09 Å². The van der Waals surface area contributed by atoms with Gasteiger partial charge in [-0.1, -0.05) is 6.08 Å². The molecule has 16 heavy (non-hydrogen) atoms. The van der Waals surface area contributed by atoms with E-state index in [0.717, 1.165) is 6.54 Å². The Balaban J connectivity index is 2.54. The Bertz CT molecular complexity index is 280. The minimum Gasteiger partial charge on any atom is -0.465 e. The van der Waals surface area contributed by atoms with Crippen molar-refractivity contribution >= 4 is 12.0 Å². The van der Waals surface area contributed by atoms with Gasteiger partial charge >= 0.3 is 6.09 Å². The topological polar surface area (TPSA) is 90.5 Å². The van der Waals surface area contributed by atoms with Crippen molar-refractivity contribution in [1.29, 1.82) is 0 Å². The smallest absolute Gasteiger partial charge is 0.404 e. The molecule has 1 aliphatic heterocycles. The first-order valence-electron chi connectivity index (χ1n) is 5.24. The number of carboxylic acid groups (broad SMARTS) is 1. The van der Waals surface area contributed by atoms with Crippen LogP contribution in [0.5, 0.6) is 0 Å². The van der Waals surface area contributed by atoms with Crippen LogP contribution in [0.3, 0.4) is 0 Å². The van der Waals surface area contributed by atoms with Crippen molar-refractivity contribution in [2.24, 2.45) is 5.92 Å². The van der Waals surface area contributed by atoms with Gasteiger partial charge < -0.3 is 21.1 Å².